The van der Waals surface area contributed by atoms with E-state index in [2.05, 4.69) is 40.1 Å². The molecule has 0 aliphatic carbocycles. The molecule has 6 heteroatoms. The summed E-state index contributed by atoms with van der Waals surface area (Å²) in [5.41, 5.74) is 0. The number of morpholine rings is 1. The normalized spacial score (nSPS) is 19.6. The molecule has 2 aromatic rings. The molecular weight excluding hydrogens is 272 g/mol. The Bertz CT molecular complexity index is 612. The van der Waals surface area contributed by atoms with Gasteiger partial charge < -0.3 is 15.0 Å². The largest absolute Gasteiger partial charge is 0.375 e. The standard InChI is InChI=1S/C14H20N4OS/c1-4-10-7-11-12(18-5-6-19-9(2)8-18)16-14(15-3)17-13(11)20-10/h7,9H,4-6,8H2,1-3H3,(H,15,16,17). The second-order valence-corrected chi connectivity index (χ2v) is 6.15. The molecule has 20 heavy (non-hydrogen) atoms. The van der Waals surface area contributed by atoms with Crippen molar-refractivity contribution in [3.05, 3.63) is 10.9 Å². The molecule has 1 saturated heterocycles. The molecule has 1 aliphatic heterocycles. The van der Waals surface area contributed by atoms with Crippen molar-refractivity contribution in [3.8, 4) is 0 Å². The van der Waals surface area contributed by atoms with E-state index in [1.807, 2.05) is 7.05 Å². The van der Waals surface area contributed by atoms with Gasteiger partial charge in [-0.2, -0.15) is 4.98 Å². The van der Waals surface area contributed by atoms with Crippen LogP contribution in [0.4, 0.5) is 11.8 Å². The fraction of sp³-hybridized carbons (Fsp3) is 0.571. The third-order valence-electron chi connectivity index (χ3n) is 3.54. The van der Waals surface area contributed by atoms with Crippen molar-refractivity contribution in [2.24, 2.45) is 0 Å². The Hall–Kier alpha value is -1.40. The van der Waals surface area contributed by atoms with Crippen molar-refractivity contribution in [3.63, 3.8) is 0 Å². The lowest BCUT2D eigenvalue weighted by Gasteiger charge is -2.32. The average molecular weight is 292 g/mol. The molecule has 1 aliphatic rings. The highest BCUT2D eigenvalue weighted by Gasteiger charge is 2.22. The van der Waals surface area contributed by atoms with Gasteiger partial charge in [-0.15, -0.1) is 11.3 Å². The van der Waals surface area contributed by atoms with Crippen molar-refractivity contribution >= 4 is 33.3 Å². The maximum atomic E-state index is 5.63. The van der Waals surface area contributed by atoms with Crippen LogP contribution in [0.5, 0.6) is 0 Å². The van der Waals surface area contributed by atoms with Crippen LogP contribution in [0.3, 0.4) is 0 Å². The molecule has 1 N–H and O–H groups in total. The number of nitrogens with one attached hydrogen (secondary N) is 1. The first-order valence-corrected chi connectivity index (χ1v) is 7.87. The number of nitrogens with zero attached hydrogens (tertiary/aromatic N) is 3. The minimum atomic E-state index is 0.246. The molecule has 108 valence electrons. The van der Waals surface area contributed by atoms with Crippen LogP contribution in [0.25, 0.3) is 10.2 Å². The second kappa shape index (κ2) is 5.54. The minimum Gasteiger partial charge on any atom is -0.375 e. The van der Waals surface area contributed by atoms with Crippen molar-refractivity contribution in [2.75, 3.05) is 37.0 Å². The predicted octanol–water partition coefficient (Wildman–Crippen LogP) is 2.52. The minimum absolute atomic E-state index is 0.246. The van der Waals surface area contributed by atoms with Crippen LogP contribution in [0.2, 0.25) is 0 Å². The molecular formula is C14H20N4OS. The summed E-state index contributed by atoms with van der Waals surface area (Å²) in [5.74, 6) is 1.72. The first-order valence-electron chi connectivity index (χ1n) is 7.06. The van der Waals surface area contributed by atoms with Gasteiger partial charge in [0.2, 0.25) is 5.95 Å². The van der Waals surface area contributed by atoms with E-state index in [0.29, 0.717) is 5.95 Å². The van der Waals surface area contributed by atoms with Crippen LogP contribution >= 0.6 is 11.3 Å². The van der Waals surface area contributed by atoms with Gasteiger partial charge in [0.1, 0.15) is 10.6 Å². The molecule has 1 atom stereocenters. The van der Waals surface area contributed by atoms with Gasteiger partial charge >= 0.3 is 0 Å². The Morgan fingerprint density at radius 1 is 1.50 bits per heavy atom. The quantitative estimate of drug-likeness (QED) is 0.942. The van der Waals surface area contributed by atoms with E-state index in [4.69, 9.17) is 4.74 Å². The monoisotopic (exact) mass is 292 g/mol. The van der Waals surface area contributed by atoms with Crippen LogP contribution in [0.1, 0.15) is 18.7 Å². The molecule has 1 unspecified atom stereocenters. The molecule has 0 saturated carbocycles. The third-order valence-corrected chi connectivity index (χ3v) is 4.71. The van der Waals surface area contributed by atoms with E-state index in [1.54, 1.807) is 11.3 Å². The zero-order valence-electron chi connectivity index (χ0n) is 12.1. The maximum Gasteiger partial charge on any atom is 0.225 e. The Morgan fingerprint density at radius 3 is 3.05 bits per heavy atom. The van der Waals surface area contributed by atoms with Crippen LogP contribution in [0, 0.1) is 0 Å². The number of aromatic nitrogens is 2. The molecule has 0 radical (unpaired) electrons. The summed E-state index contributed by atoms with van der Waals surface area (Å²) in [7, 11) is 1.86. The molecule has 3 rings (SSSR count). The van der Waals surface area contributed by atoms with Gasteiger partial charge in [0.15, 0.2) is 0 Å². The van der Waals surface area contributed by atoms with E-state index in [-0.39, 0.29) is 6.10 Å². The fourth-order valence-electron chi connectivity index (χ4n) is 2.49. The molecule has 0 amide bonds. The van der Waals surface area contributed by atoms with Crippen LogP contribution in [-0.4, -0.2) is 42.8 Å². The average Bonchev–Trinajstić information content (AvgIpc) is 2.89. The van der Waals surface area contributed by atoms with E-state index in [0.717, 1.165) is 36.8 Å². The second-order valence-electron chi connectivity index (χ2n) is 5.03. The van der Waals surface area contributed by atoms with Gasteiger partial charge in [-0.05, 0) is 19.4 Å². The van der Waals surface area contributed by atoms with Crippen LogP contribution in [-0.2, 0) is 11.2 Å². The van der Waals surface area contributed by atoms with Gasteiger partial charge in [0.05, 0.1) is 18.1 Å². The van der Waals surface area contributed by atoms with Crippen LogP contribution in [0.15, 0.2) is 6.07 Å². The van der Waals surface area contributed by atoms with E-state index in [9.17, 15) is 0 Å². The van der Waals surface area contributed by atoms with Gasteiger partial charge in [-0.3, -0.25) is 0 Å². The Kier molecular flexibility index (Phi) is 3.76. The number of thiophene rings is 1. The van der Waals surface area contributed by atoms with Crippen molar-refractivity contribution < 1.29 is 4.74 Å². The first-order chi connectivity index (χ1) is 9.71. The van der Waals surface area contributed by atoms with Gasteiger partial charge in [0, 0.05) is 25.0 Å². The lowest BCUT2D eigenvalue weighted by Crippen LogP contribution is -2.41. The molecule has 5 nitrogen and oxygen atoms in total. The predicted molar refractivity (Wildman–Crippen MR) is 84.0 cm³/mol. The topological polar surface area (TPSA) is 50.3 Å². The molecule has 0 aromatic carbocycles. The summed E-state index contributed by atoms with van der Waals surface area (Å²) in [6.45, 7) is 6.80. The van der Waals surface area contributed by atoms with E-state index in [1.165, 1.54) is 10.3 Å². The Balaban J connectivity index is 2.09. The SMILES string of the molecule is CCc1cc2c(N3CCOC(C)C3)nc(NC)nc2s1. The number of ether oxygens (including phenoxy) is 1. The molecule has 3 heterocycles. The zero-order valence-corrected chi connectivity index (χ0v) is 13.0. The fourth-order valence-corrected chi connectivity index (χ4v) is 3.46. The lowest BCUT2D eigenvalue weighted by molar-refractivity contribution is 0.0530. The number of aryl methyl sites for hydroxylation is 1. The summed E-state index contributed by atoms with van der Waals surface area (Å²) in [4.78, 5) is 14.0. The third kappa shape index (κ3) is 2.45. The number of anilines is 2. The van der Waals surface area contributed by atoms with Gasteiger partial charge in [-0.25, -0.2) is 4.98 Å². The molecule has 2 aromatic heterocycles. The summed E-state index contributed by atoms with van der Waals surface area (Å²) in [5, 5.41) is 4.23. The lowest BCUT2D eigenvalue weighted by atomic mass is 10.2. The maximum absolute atomic E-state index is 5.63. The molecule has 0 spiro atoms. The number of rotatable bonds is 3. The number of hydrogen-bond acceptors (Lipinski definition) is 6. The van der Waals surface area contributed by atoms with Crippen LogP contribution < -0.4 is 10.2 Å². The van der Waals surface area contributed by atoms with Crippen molar-refractivity contribution in [1.29, 1.82) is 0 Å². The van der Waals surface area contributed by atoms with Crippen molar-refractivity contribution in [2.45, 2.75) is 26.4 Å². The van der Waals surface area contributed by atoms with E-state index < -0.39 is 0 Å². The number of hydrogen-bond donors (Lipinski definition) is 1. The zero-order chi connectivity index (χ0) is 14.1. The van der Waals surface area contributed by atoms with Gasteiger partial charge in [0.25, 0.3) is 0 Å². The highest BCUT2D eigenvalue weighted by molar-refractivity contribution is 7.18. The van der Waals surface area contributed by atoms with Crippen molar-refractivity contribution in [1.82, 2.24) is 9.97 Å². The summed E-state index contributed by atoms with van der Waals surface area (Å²) >= 11 is 1.76. The highest BCUT2D eigenvalue weighted by atomic mass is 32.1. The summed E-state index contributed by atoms with van der Waals surface area (Å²) in [6.07, 6.45) is 1.28. The van der Waals surface area contributed by atoms with Gasteiger partial charge in [-0.1, -0.05) is 6.92 Å². The number of fused-ring (bicyclic) bond motifs is 1. The summed E-state index contributed by atoms with van der Waals surface area (Å²) in [6, 6.07) is 2.23. The smallest absolute Gasteiger partial charge is 0.225 e. The highest BCUT2D eigenvalue weighted by Crippen LogP contribution is 2.33. The Morgan fingerprint density at radius 2 is 2.35 bits per heavy atom. The van der Waals surface area contributed by atoms with E-state index >= 15 is 0 Å². The summed E-state index contributed by atoms with van der Waals surface area (Å²) < 4.78 is 5.63. The first kappa shape index (κ1) is 13.6. The Labute approximate surface area is 123 Å². The molecule has 1 fully saturated rings. The molecule has 0 bridgehead atoms.